The molecule has 32 heavy (non-hydrogen) atoms. The van der Waals surface area contributed by atoms with E-state index >= 15 is 0 Å². The number of hydrogen-bond donors (Lipinski definition) is 0. The molecular formula is C23H23BrFN5O2. The number of nitriles is 2. The SMILES string of the molecule is CC(C)(C)OC(=O)N1CCCN(c2cc(C#N)c(Br)c(-c3ccc(C#N)c(F)c3)n2)CC1. The van der Waals surface area contributed by atoms with E-state index in [1.54, 1.807) is 23.1 Å². The molecule has 1 saturated heterocycles. The van der Waals surface area contributed by atoms with Gasteiger partial charge in [-0.05, 0) is 61.3 Å². The molecule has 3 rings (SSSR count). The van der Waals surface area contributed by atoms with Crippen molar-refractivity contribution < 1.29 is 13.9 Å². The number of hydrogen-bond acceptors (Lipinski definition) is 6. The molecule has 0 spiro atoms. The number of ether oxygens (including phenoxy) is 1. The Balaban J connectivity index is 1.90. The van der Waals surface area contributed by atoms with Crippen molar-refractivity contribution in [2.75, 3.05) is 31.1 Å². The normalized spacial score (nSPS) is 14.3. The number of halogens is 2. The Kier molecular flexibility index (Phi) is 7.00. The summed E-state index contributed by atoms with van der Waals surface area (Å²) in [6.45, 7) is 7.66. The quantitative estimate of drug-likeness (QED) is 0.586. The summed E-state index contributed by atoms with van der Waals surface area (Å²) in [7, 11) is 0. The monoisotopic (exact) mass is 499 g/mol. The first kappa shape index (κ1) is 23.5. The average Bonchev–Trinajstić information content (AvgIpc) is 2.99. The number of benzene rings is 1. The van der Waals surface area contributed by atoms with Crippen LogP contribution in [0.15, 0.2) is 28.7 Å². The van der Waals surface area contributed by atoms with Gasteiger partial charge in [0.2, 0.25) is 0 Å². The largest absolute Gasteiger partial charge is 0.444 e. The molecule has 0 bridgehead atoms. The van der Waals surface area contributed by atoms with Gasteiger partial charge in [0, 0.05) is 31.7 Å². The molecule has 1 amide bonds. The Morgan fingerprint density at radius 1 is 1.12 bits per heavy atom. The van der Waals surface area contributed by atoms with E-state index in [1.165, 1.54) is 12.1 Å². The minimum Gasteiger partial charge on any atom is -0.444 e. The van der Waals surface area contributed by atoms with E-state index in [4.69, 9.17) is 10.00 Å². The molecule has 2 heterocycles. The summed E-state index contributed by atoms with van der Waals surface area (Å²) in [4.78, 5) is 20.8. The van der Waals surface area contributed by atoms with E-state index < -0.39 is 11.4 Å². The Morgan fingerprint density at radius 2 is 1.84 bits per heavy atom. The van der Waals surface area contributed by atoms with Gasteiger partial charge in [-0.15, -0.1) is 0 Å². The fourth-order valence-electron chi connectivity index (χ4n) is 3.36. The van der Waals surface area contributed by atoms with E-state index in [0.29, 0.717) is 59.7 Å². The number of carbonyl (C=O) groups excluding carboxylic acids is 1. The van der Waals surface area contributed by atoms with Gasteiger partial charge < -0.3 is 14.5 Å². The summed E-state index contributed by atoms with van der Waals surface area (Å²) in [5.74, 6) is -0.0825. The minimum atomic E-state index is -0.648. The lowest BCUT2D eigenvalue weighted by Gasteiger charge is -2.27. The smallest absolute Gasteiger partial charge is 0.410 e. The highest BCUT2D eigenvalue weighted by molar-refractivity contribution is 9.10. The van der Waals surface area contributed by atoms with Crippen molar-refractivity contribution in [1.82, 2.24) is 9.88 Å². The third-order valence-electron chi connectivity index (χ3n) is 4.90. The Hall–Kier alpha value is -3.17. The summed E-state index contributed by atoms with van der Waals surface area (Å²) >= 11 is 3.41. The van der Waals surface area contributed by atoms with Crippen molar-refractivity contribution in [3.8, 4) is 23.4 Å². The first-order chi connectivity index (χ1) is 15.1. The third-order valence-corrected chi connectivity index (χ3v) is 5.70. The van der Waals surface area contributed by atoms with Crippen molar-refractivity contribution >= 4 is 27.8 Å². The molecule has 1 aromatic heterocycles. The maximum atomic E-state index is 14.2. The highest BCUT2D eigenvalue weighted by Gasteiger charge is 2.25. The van der Waals surface area contributed by atoms with Gasteiger partial charge in [-0.2, -0.15) is 10.5 Å². The molecule has 1 aliphatic heterocycles. The number of rotatable bonds is 2. The van der Waals surface area contributed by atoms with Crippen molar-refractivity contribution in [3.63, 3.8) is 0 Å². The summed E-state index contributed by atoms with van der Waals surface area (Å²) in [6, 6.07) is 9.86. The topological polar surface area (TPSA) is 93.2 Å². The lowest BCUT2D eigenvalue weighted by Crippen LogP contribution is -2.39. The van der Waals surface area contributed by atoms with Crippen molar-refractivity contribution in [1.29, 1.82) is 10.5 Å². The minimum absolute atomic E-state index is 0.0590. The third kappa shape index (κ3) is 5.35. The number of aromatic nitrogens is 1. The number of pyridine rings is 1. The summed E-state index contributed by atoms with van der Waals surface area (Å²) < 4.78 is 20.1. The molecule has 0 radical (unpaired) electrons. The molecule has 0 atom stereocenters. The molecule has 1 aliphatic rings. The maximum absolute atomic E-state index is 14.2. The van der Waals surface area contributed by atoms with E-state index in [2.05, 4.69) is 27.0 Å². The van der Waals surface area contributed by atoms with Gasteiger partial charge in [0.1, 0.15) is 29.4 Å². The number of amides is 1. The van der Waals surface area contributed by atoms with Gasteiger partial charge >= 0.3 is 6.09 Å². The highest BCUT2D eigenvalue weighted by Crippen LogP contribution is 2.33. The van der Waals surface area contributed by atoms with Crippen LogP contribution < -0.4 is 4.90 Å². The zero-order chi connectivity index (χ0) is 23.5. The van der Waals surface area contributed by atoms with Crippen LogP contribution in [0.2, 0.25) is 0 Å². The predicted molar refractivity (Wildman–Crippen MR) is 121 cm³/mol. The van der Waals surface area contributed by atoms with Gasteiger partial charge in [0.25, 0.3) is 0 Å². The average molecular weight is 500 g/mol. The van der Waals surface area contributed by atoms with E-state index in [0.717, 1.165) is 0 Å². The predicted octanol–water partition coefficient (Wildman–Crippen LogP) is 4.84. The van der Waals surface area contributed by atoms with E-state index in [9.17, 15) is 14.4 Å². The second-order valence-corrected chi connectivity index (χ2v) is 9.21. The molecule has 2 aromatic rings. The van der Waals surface area contributed by atoms with Crippen molar-refractivity contribution in [2.45, 2.75) is 32.8 Å². The fraction of sp³-hybridized carbons (Fsp3) is 0.391. The molecule has 0 aliphatic carbocycles. The second kappa shape index (κ2) is 9.54. The molecule has 7 nitrogen and oxygen atoms in total. The molecular weight excluding hydrogens is 477 g/mol. The molecule has 1 fully saturated rings. The Bertz CT molecular complexity index is 1120. The highest BCUT2D eigenvalue weighted by atomic mass is 79.9. The standard InChI is InChI=1S/C23H23BrFN5O2/c1-23(2,3)32-22(31)30-8-4-7-29(9-10-30)19-12-17(14-27)20(24)21(28-19)15-5-6-16(13-26)18(25)11-15/h5-6,11-12H,4,7-10H2,1-3H3. The number of carbonyl (C=O) groups is 1. The van der Waals surface area contributed by atoms with Gasteiger partial charge in [0.15, 0.2) is 0 Å². The fourth-order valence-corrected chi connectivity index (χ4v) is 3.88. The lowest BCUT2D eigenvalue weighted by atomic mass is 10.1. The van der Waals surface area contributed by atoms with Gasteiger partial charge in [-0.3, -0.25) is 0 Å². The van der Waals surface area contributed by atoms with Crippen LogP contribution in [0.25, 0.3) is 11.3 Å². The van der Waals surface area contributed by atoms with Crippen LogP contribution in [0.3, 0.4) is 0 Å². The van der Waals surface area contributed by atoms with E-state index in [1.807, 2.05) is 25.7 Å². The summed E-state index contributed by atoms with van der Waals surface area (Å²) in [6.07, 6.45) is 0.356. The molecule has 0 saturated carbocycles. The van der Waals surface area contributed by atoms with Crippen molar-refractivity contribution in [3.05, 3.63) is 45.7 Å². The van der Waals surface area contributed by atoms with Gasteiger partial charge in [0.05, 0.1) is 21.3 Å². The van der Waals surface area contributed by atoms with Gasteiger partial charge in [-0.25, -0.2) is 14.2 Å². The van der Waals surface area contributed by atoms with Gasteiger partial charge in [-0.1, -0.05) is 6.07 Å². The van der Waals surface area contributed by atoms with Crippen LogP contribution in [0.5, 0.6) is 0 Å². The molecule has 1 aromatic carbocycles. The Morgan fingerprint density at radius 3 is 2.47 bits per heavy atom. The van der Waals surface area contributed by atoms with E-state index in [-0.39, 0.29) is 11.7 Å². The van der Waals surface area contributed by atoms with Crippen LogP contribution in [-0.4, -0.2) is 47.8 Å². The van der Waals surface area contributed by atoms with Crippen LogP contribution in [0.4, 0.5) is 15.0 Å². The zero-order valence-electron chi connectivity index (χ0n) is 18.2. The first-order valence-electron chi connectivity index (χ1n) is 10.2. The summed E-state index contributed by atoms with van der Waals surface area (Å²) in [5, 5.41) is 18.6. The maximum Gasteiger partial charge on any atom is 0.410 e. The number of nitrogens with zero attached hydrogens (tertiary/aromatic N) is 5. The number of anilines is 1. The zero-order valence-corrected chi connectivity index (χ0v) is 19.7. The summed E-state index contributed by atoms with van der Waals surface area (Å²) in [5.41, 5.74) is 0.607. The molecule has 166 valence electrons. The van der Waals surface area contributed by atoms with Crippen LogP contribution in [0.1, 0.15) is 38.3 Å². The molecule has 9 heteroatoms. The first-order valence-corrected chi connectivity index (χ1v) is 11.0. The van der Waals surface area contributed by atoms with Crippen LogP contribution in [-0.2, 0) is 4.74 Å². The molecule has 0 N–H and O–H groups in total. The molecule has 0 unspecified atom stereocenters. The van der Waals surface area contributed by atoms with Crippen LogP contribution >= 0.6 is 15.9 Å². The second-order valence-electron chi connectivity index (χ2n) is 8.42. The Labute approximate surface area is 195 Å². The van der Waals surface area contributed by atoms with Crippen LogP contribution in [0, 0.1) is 28.5 Å². The van der Waals surface area contributed by atoms with Crippen molar-refractivity contribution in [2.24, 2.45) is 0 Å². The lowest BCUT2D eigenvalue weighted by molar-refractivity contribution is 0.0263.